The first-order valence-corrected chi connectivity index (χ1v) is 2.33. The molecule has 0 aromatic carbocycles. The summed E-state index contributed by atoms with van der Waals surface area (Å²) in [6, 6.07) is 0. The molecule has 0 fully saturated rings. The topological polar surface area (TPSA) is 43.1 Å². The van der Waals surface area contributed by atoms with Crippen LogP contribution < -0.4 is 5.73 Å². The van der Waals surface area contributed by atoms with Crippen molar-refractivity contribution in [1.29, 1.82) is 0 Å². The van der Waals surface area contributed by atoms with Crippen LogP contribution in [0.25, 0.3) is 0 Å². The SMILES string of the molecule is NC(=S)S[C-]=O.[Mo]. The quantitative estimate of drug-likeness (QED) is 0.381. The van der Waals surface area contributed by atoms with Crippen LogP contribution >= 0.6 is 24.0 Å². The molecular weight excluding hydrogens is 214 g/mol. The van der Waals surface area contributed by atoms with Crippen molar-refractivity contribution >= 4 is 33.9 Å². The molecule has 0 unspecified atom stereocenters. The second-order valence-corrected chi connectivity index (χ2v) is 2.01. The molecule has 7 heavy (non-hydrogen) atoms. The molecule has 0 radical (unpaired) electrons. The minimum atomic E-state index is 0. The molecule has 2 N–H and O–H groups in total. The molecule has 0 saturated heterocycles. The summed E-state index contributed by atoms with van der Waals surface area (Å²) in [4.78, 5) is 9.29. The van der Waals surface area contributed by atoms with Crippen LogP contribution in [0.5, 0.6) is 0 Å². The van der Waals surface area contributed by atoms with Gasteiger partial charge in [-0.2, -0.15) is 5.62 Å². The van der Waals surface area contributed by atoms with Crippen molar-refractivity contribution in [2.75, 3.05) is 0 Å². The van der Waals surface area contributed by atoms with E-state index in [-0.39, 0.29) is 25.4 Å². The van der Waals surface area contributed by atoms with E-state index < -0.39 is 0 Å². The third kappa shape index (κ3) is 10.8. The van der Waals surface area contributed by atoms with E-state index in [0.29, 0.717) is 11.8 Å². The zero-order chi connectivity index (χ0) is 4.99. The standard InChI is InChI=1S/C2H2NOS2.Mo/c3-2(5)6-1-4;/h(H2,3,5);/q-1;. The van der Waals surface area contributed by atoms with Gasteiger partial charge < -0.3 is 10.5 Å². The molecule has 0 heterocycles. The number of thioether (sulfide) groups is 1. The zero-order valence-electron chi connectivity index (χ0n) is 3.21. The summed E-state index contributed by atoms with van der Waals surface area (Å²) in [6.45, 7) is 0. The Hall–Kier alpha value is 0.598. The van der Waals surface area contributed by atoms with Gasteiger partial charge in [-0.15, -0.1) is 0 Å². The Labute approximate surface area is 65.5 Å². The van der Waals surface area contributed by atoms with E-state index in [1.165, 1.54) is 5.62 Å². The predicted octanol–water partition coefficient (Wildman–Crippen LogP) is 0.0279. The molecule has 0 aliphatic carbocycles. The van der Waals surface area contributed by atoms with Crippen LogP contribution in [-0.2, 0) is 25.9 Å². The summed E-state index contributed by atoms with van der Waals surface area (Å²) >= 11 is 4.96. The van der Waals surface area contributed by atoms with Crippen molar-refractivity contribution in [3.05, 3.63) is 0 Å². The summed E-state index contributed by atoms with van der Waals surface area (Å²) in [7, 11) is 0. The molecule has 5 heteroatoms. The molecule has 0 aromatic rings. The first kappa shape index (κ1) is 10.6. The van der Waals surface area contributed by atoms with Crippen LogP contribution in [0, 0.1) is 0 Å². The van der Waals surface area contributed by atoms with E-state index in [4.69, 9.17) is 5.73 Å². The van der Waals surface area contributed by atoms with Crippen molar-refractivity contribution in [1.82, 2.24) is 0 Å². The third-order valence-corrected chi connectivity index (χ3v) is 0.677. The molecule has 0 rings (SSSR count). The first-order valence-electron chi connectivity index (χ1n) is 1.11. The summed E-state index contributed by atoms with van der Waals surface area (Å²) < 4.78 is 0.116. The summed E-state index contributed by atoms with van der Waals surface area (Å²) in [5.74, 6) is 0. The fraction of sp³-hybridized carbons (Fsp3) is 0. The zero-order valence-corrected chi connectivity index (χ0v) is 6.85. The molecule has 0 atom stereocenters. The van der Waals surface area contributed by atoms with Crippen LogP contribution in [-0.4, -0.2) is 9.94 Å². The van der Waals surface area contributed by atoms with Crippen molar-refractivity contribution < 1.29 is 25.9 Å². The van der Waals surface area contributed by atoms with Crippen LogP contribution in [0.1, 0.15) is 0 Å². The van der Waals surface area contributed by atoms with Crippen LogP contribution in [0.4, 0.5) is 0 Å². The average molecular weight is 216 g/mol. The predicted molar refractivity (Wildman–Crippen MR) is 30.1 cm³/mol. The van der Waals surface area contributed by atoms with E-state index >= 15 is 0 Å². The van der Waals surface area contributed by atoms with E-state index in [1.54, 1.807) is 0 Å². The van der Waals surface area contributed by atoms with Crippen LogP contribution in [0.2, 0.25) is 0 Å². The Morgan fingerprint density at radius 1 is 1.86 bits per heavy atom. The van der Waals surface area contributed by atoms with Gasteiger partial charge in [0.05, 0.1) is 0 Å². The van der Waals surface area contributed by atoms with Gasteiger partial charge in [-0.05, 0) is 0 Å². The molecule has 0 amide bonds. The Morgan fingerprint density at radius 3 is 2.29 bits per heavy atom. The molecule has 0 aliphatic heterocycles. The normalized spacial score (nSPS) is 6.29. The van der Waals surface area contributed by atoms with Gasteiger partial charge in [-0.25, -0.2) is 0 Å². The van der Waals surface area contributed by atoms with Gasteiger partial charge in [0.25, 0.3) is 0 Å². The van der Waals surface area contributed by atoms with E-state index in [1.807, 2.05) is 0 Å². The van der Waals surface area contributed by atoms with Gasteiger partial charge in [0, 0.05) is 21.1 Å². The van der Waals surface area contributed by atoms with Gasteiger partial charge in [-0.1, -0.05) is 12.2 Å². The van der Waals surface area contributed by atoms with Crippen molar-refractivity contribution in [3.8, 4) is 0 Å². The number of hydrogen-bond acceptors (Lipinski definition) is 3. The third-order valence-electron chi connectivity index (χ3n) is 0.142. The molecule has 40 valence electrons. The van der Waals surface area contributed by atoms with Gasteiger partial charge in [0.1, 0.15) is 4.32 Å². The van der Waals surface area contributed by atoms with Gasteiger partial charge in [0.2, 0.25) is 0 Å². The van der Waals surface area contributed by atoms with E-state index in [2.05, 4.69) is 12.2 Å². The maximum atomic E-state index is 9.29. The van der Waals surface area contributed by atoms with Crippen molar-refractivity contribution in [2.45, 2.75) is 0 Å². The van der Waals surface area contributed by atoms with Gasteiger partial charge in [0.15, 0.2) is 0 Å². The van der Waals surface area contributed by atoms with Crippen LogP contribution in [0.3, 0.4) is 0 Å². The summed E-state index contributed by atoms with van der Waals surface area (Å²) in [6.07, 6.45) is 0. The van der Waals surface area contributed by atoms with Crippen molar-refractivity contribution in [3.63, 3.8) is 0 Å². The number of rotatable bonds is 1. The Balaban J connectivity index is 0. The Kier molecular flexibility index (Phi) is 9.95. The molecule has 0 bridgehead atoms. The van der Waals surface area contributed by atoms with E-state index in [0.717, 1.165) is 0 Å². The Morgan fingerprint density at radius 2 is 2.29 bits per heavy atom. The average Bonchev–Trinajstić information content (AvgIpc) is 1.35. The van der Waals surface area contributed by atoms with Gasteiger partial charge in [-0.3, -0.25) is 11.8 Å². The molecule has 0 saturated carbocycles. The maximum Gasteiger partial charge on any atom is 0.102 e. The summed E-state index contributed by atoms with van der Waals surface area (Å²) in [5, 5.41) is 0. The number of hydrogen-bond donors (Lipinski definition) is 1. The Bertz CT molecular complexity index is 76.1. The maximum absolute atomic E-state index is 9.29. The molecule has 0 aliphatic rings. The largest absolute Gasteiger partial charge is 0.530 e. The molecule has 2 nitrogen and oxygen atoms in total. The number of thiocarbonyl (C=S) groups is 1. The smallest absolute Gasteiger partial charge is 0.102 e. The molecular formula is C2H2MoNOS2-. The molecule has 0 spiro atoms. The first-order chi connectivity index (χ1) is 2.77. The minimum Gasteiger partial charge on any atom is -0.530 e. The summed E-state index contributed by atoms with van der Waals surface area (Å²) in [5.41, 5.74) is 6.30. The monoisotopic (exact) mass is 218 g/mol. The second kappa shape index (κ2) is 6.60. The minimum absolute atomic E-state index is 0. The van der Waals surface area contributed by atoms with Crippen LogP contribution in [0.15, 0.2) is 0 Å². The van der Waals surface area contributed by atoms with Crippen molar-refractivity contribution in [2.24, 2.45) is 5.73 Å². The van der Waals surface area contributed by atoms with Gasteiger partial charge >= 0.3 is 0 Å². The fourth-order valence-electron chi connectivity index (χ4n) is 0.0411. The number of nitrogens with two attached hydrogens (primary N) is 1. The molecule has 0 aromatic heterocycles. The second-order valence-electron chi connectivity index (χ2n) is 0.504. The van der Waals surface area contributed by atoms with E-state index in [9.17, 15) is 4.79 Å². The number of carbonyl (C=O) groups excluding carboxylic acids is 1. The fourth-order valence-corrected chi connectivity index (χ4v) is 0.225.